The van der Waals surface area contributed by atoms with Crippen molar-refractivity contribution in [2.45, 2.75) is 38.6 Å². The summed E-state index contributed by atoms with van der Waals surface area (Å²) in [5.41, 5.74) is 2.77. The van der Waals surface area contributed by atoms with Crippen LogP contribution in [-0.2, 0) is 0 Å². The molecule has 4 aromatic rings. The van der Waals surface area contributed by atoms with E-state index in [-0.39, 0.29) is 5.91 Å². The Hall–Kier alpha value is -3.88. The van der Waals surface area contributed by atoms with E-state index in [1.807, 2.05) is 33.5 Å². The van der Waals surface area contributed by atoms with Gasteiger partial charge in [-0.05, 0) is 43.0 Å². The van der Waals surface area contributed by atoms with Crippen LogP contribution in [0.3, 0.4) is 0 Å². The second-order valence-electron chi connectivity index (χ2n) is 7.91. The third-order valence-corrected chi connectivity index (χ3v) is 5.20. The monoisotopic (exact) mass is 414 g/mol. The van der Waals surface area contributed by atoms with Crippen LogP contribution in [0.5, 0.6) is 0 Å². The number of aromatic nitrogens is 7. The van der Waals surface area contributed by atoms with Gasteiger partial charge in [0.05, 0.1) is 17.7 Å². The van der Waals surface area contributed by atoms with Crippen molar-refractivity contribution in [1.29, 1.82) is 0 Å². The summed E-state index contributed by atoms with van der Waals surface area (Å²) in [6, 6.07) is 9.46. The third-order valence-electron chi connectivity index (χ3n) is 5.20. The van der Waals surface area contributed by atoms with E-state index in [0.717, 1.165) is 24.2 Å². The van der Waals surface area contributed by atoms with Crippen LogP contribution >= 0.6 is 0 Å². The topological polar surface area (TPSA) is 103 Å². The molecule has 0 aromatic carbocycles. The summed E-state index contributed by atoms with van der Waals surface area (Å²) in [6.45, 7) is 4.18. The van der Waals surface area contributed by atoms with Gasteiger partial charge in [-0.15, -0.1) is 10.2 Å². The lowest BCUT2D eigenvalue weighted by Gasteiger charge is -2.08. The van der Waals surface area contributed by atoms with Crippen molar-refractivity contribution >= 4 is 11.7 Å². The number of amides is 1. The largest absolute Gasteiger partial charge is 0.309 e. The Morgan fingerprint density at radius 1 is 1.16 bits per heavy atom. The number of anilines is 1. The molecule has 1 saturated carbocycles. The predicted octanol–water partition coefficient (Wildman–Crippen LogP) is 3.63. The Morgan fingerprint density at radius 3 is 2.81 bits per heavy atom. The molecule has 0 bridgehead atoms. The standard InChI is InChI=1S/C22H22N8O/c1-14(2)19-11-29(12-24-19)16-8-9-23-18(10-16)22(31)27-20-5-3-4-17(26-20)21-28-25-13-30(21)15-6-7-15/h3-5,8-15H,6-7H2,1-2H3,(H,26,27,31). The smallest absolute Gasteiger partial charge is 0.275 e. The molecule has 31 heavy (non-hydrogen) atoms. The van der Waals surface area contributed by atoms with Crippen molar-refractivity contribution in [2.24, 2.45) is 0 Å². The molecular weight excluding hydrogens is 392 g/mol. The average Bonchev–Trinajstić information content (AvgIpc) is 3.29. The highest BCUT2D eigenvalue weighted by molar-refractivity contribution is 6.02. The van der Waals surface area contributed by atoms with E-state index in [9.17, 15) is 4.79 Å². The Balaban J connectivity index is 1.36. The normalized spacial score (nSPS) is 13.5. The van der Waals surface area contributed by atoms with E-state index in [2.05, 4.69) is 44.3 Å². The molecular formula is C22H22N8O. The minimum Gasteiger partial charge on any atom is -0.309 e. The first-order valence-electron chi connectivity index (χ1n) is 10.3. The highest BCUT2D eigenvalue weighted by Crippen LogP contribution is 2.37. The molecule has 1 N–H and O–H groups in total. The van der Waals surface area contributed by atoms with E-state index >= 15 is 0 Å². The Kier molecular flexibility index (Phi) is 4.78. The molecule has 156 valence electrons. The minimum atomic E-state index is -0.334. The number of carbonyl (C=O) groups excluding carboxylic acids is 1. The Labute approximate surface area is 179 Å². The number of nitrogens with one attached hydrogen (secondary N) is 1. The maximum absolute atomic E-state index is 12.8. The molecule has 9 nitrogen and oxygen atoms in total. The molecule has 9 heteroatoms. The second-order valence-corrected chi connectivity index (χ2v) is 7.91. The van der Waals surface area contributed by atoms with Crippen LogP contribution in [0.4, 0.5) is 5.82 Å². The van der Waals surface area contributed by atoms with Crippen LogP contribution in [0, 0.1) is 0 Å². The van der Waals surface area contributed by atoms with Gasteiger partial charge < -0.3 is 14.5 Å². The van der Waals surface area contributed by atoms with Gasteiger partial charge in [0.25, 0.3) is 5.91 Å². The summed E-state index contributed by atoms with van der Waals surface area (Å²) >= 11 is 0. The molecule has 0 atom stereocenters. The summed E-state index contributed by atoms with van der Waals surface area (Å²) in [4.78, 5) is 26.0. The fraction of sp³-hybridized carbons (Fsp3) is 0.273. The lowest BCUT2D eigenvalue weighted by atomic mass is 10.2. The van der Waals surface area contributed by atoms with Gasteiger partial charge in [0, 0.05) is 18.4 Å². The number of carbonyl (C=O) groups is 1. The van der Waals surface area contributed by atoms with Crippen LogP contribution < -0.4 is 5.32 Å². The highest BCUT2D eigenvalue weighted by Gasteiger charge is 2.27. The number of rotatable bonds is 6. The van der Waals surface area contributed by atoms with Gasteiger partial charge in [0.15, 0.2) is 5.82 Å². The van der Waals surface area contributed by atoms with E-state index in [1.165, 1.54) is 0 Å². The lowest BCUT2D eigenvalue weighted by Crippen LogP contribution is -2.15. The van der Waals surface area contributed by atoms with Gasteiger partial charge >= 0.3 is 0 Å². The fourth-order valence-corrected chi connectivity index (χ4v) is 3.34. The van der Waals surface area contributed by atoms with Crippen LogP contribution in [0.1, 0.15) is 54.8 Å². The van der Waals surface area contributed by atoms with Crippen molar-refractivity contribution in [1.82, 2.24) is 34.3 Å². The minimum absolute atomic E-state index is 0.297. The molecule has 0 radical (unpaired) electrons. The zero-order valence-electron chi connectivity index (χ0n) is 17.3. The number of imidazole rings is 1. The van der Waals surface area contributed by atoms with Gasteiger partial charge in [-0.3, -0.25) is 9.78 Å². The van der Waals surface area contributed by atoms with Crippen molar-refractivity contribution in [3.8, 4) is 17.2 Å². The van der Waals surface area contributed by atoms with Gasteiger partial charge in [0.2, 0.25) is 0 Å². The third kappa shape index (κ3) is 3.94. The zero-order valence-corrected chi connectivity index (χ0v) is 17.3. The molecule has 0 spiro atoms. The molecule has 1 aliphatic carbocycles. The van der Waals surface area contributed by atoms with Gasteiger partial charge in [-0.25, -0.2) is 9.97 Å². The van der Waals surface area contributed by atoms with E-state index in [1.54, 1.807) is 31.0 Å². The predicted molar refractivity (Wildman–Crippen MR) is 115 cm³/mol. The van der Waals surface area contributed by atoms with Crippen LogP contribution in [0.25, 0.3) is 17.2 Å². The van der Waals surface area contributed by atoms with Crippen molar-refractivity contribution < 1.29 is 4.79 Å². The van der Waals surface area contributed by atoms with Crippen LogP contribution in [0.15, 0.2) is 55.4 Å². The van der Waals surface area contributed by atoms with Gasteiger partial charge in [-0.2, -0.15) is 0 Å². The van der Waals surface area contributed by atoms with Crippen LogP contribution in [-0.4, -0.2) is 40.2 Å². The van der Waals surface area contributed by atoms with Crippen molar-refractivity contribution in [3.63, 3.8) is 0 Å². The molecule has 4 aromatic heterocycles. The van der Waals surface area contributed by atoms with Gasteiger partial charge in [-0.1, -0.05) is 19.9 Å². The van der Waals surface area contributed by atoms with Crippen LogP contribution in [0.2, 0.25) is 0 Å². The zero-order chi connectivity index (χ0) is 21.4. The summed E-state index contributed by atoms with van der Waals surface area (Å²) < 4.78 is 3.92. The summed E-state index contributed by atoms with van der Waals surface area (Å²) in [7, 11) is 0. The first-order chi connectivity index (χ1) is 15.1. The summed E-state index contributed by atoms with van der Waals surface area (Å²) in [6.07, 6.45) is 9.30. The first-order valence-corrected chi connectivity index (χ1v) is 10.3. The molecule has 1 fully saturated rings. The number of pyridine rings is 2. The molecule has 5 rings (SSSR count). The number of hydrogen-bond donors (Lipinski definition) is 1. The Bertz CT molecular complexity index is 1240. The van der Waals surface area contributed by atoms with E-state index < -0.39 is 0 Å². The molecule has 1 amide bonds. The Morgan fingerprint density at radius 2 is 2.03 bits per heavy atom. The summed E-state index contributed by atoms with van der Waals surface area (Å²) in [5, 5.41) is 11.1. The molecule has 0 saturated heterocycles. The molecule has 0 unspecified atom stereocenters. The average molecular weight is 414 g/mol. The number of hydrogen-bond acceptors (Lipinski definition) is 6. The first kappa shape index (κ1) is 19.1. The fourth-order valence-electron chi connectivity index (χ4n) is 3.34. The number of nitrogens with zero attached hydrogens (tertiary/aromatic N) is 7. The van der Waals surface area contributed by atoms with E-state index in [4.69, 9.17) is 0 Å². The SMILES string of the molecule is CC(C)c1cn(-c2ccnc(C(=O)Nc3cccc(-c4nncn4C4CC4)n3)c2)cn1. The maximum atomic E-state index is 12.8. The van der Waals surface area contributed by atoms with E-state index in [0.29, 0.717) is 35.0 Å². The van der Waals surface area contributed by atoms with Crippen molar-refractivity contribution in [2.75, 3.05) is 5.32 Å². The molecule has 1 aliphatic rings. The second kappa shape index (κ2) is 7.75. The van der Waals surface area contributed by atoms with Gasteiger partial charge in [0.1, 0.15) is 23.5 Å². The molecule has 0 aliphatic heterocycles. The molecule has 4 heterocycles. The highest BCUT2D eigenvalue weighted by atomic mass is 16.1. The maximum Gasteiger partial charge on any atom is 0.275 e. The lowest BCUT2D eigenvalue weighted by molar-refractivity contribution is 0.102. The van der Waals surface area contributed by atoms with Crippen molar-refractivity contribution in [3.05, 3.63) is 66.8 Å². The summed E-state index contributed by atoms with van der Waals surface area (Å²) in [5.74, 6) is 1.14. The quantitative estimate of drug-likeness (QED) is 0.517.